The Morgan fingerprint density at radius 3 is 2.88 bits per heavy atom. The Morgan fingerprint density at radius 2 is 2.31 bits per heavy atom. The van der Waals surface area contributed by atoms with E-state index in [9.17, 15) is 4.79 Å². The van der Waals surface area contributed by atoms with Crippen molar-refractivity contribution in [2.45, 2.75) is 45.3 Å². The molecule has 0 aromatic heterocycles. The molecule has 4 heteroatoms. The Morgan fingerprint density at radius 1 is 1.56 bits per heavy atom. The molecule has 1 saturated heterocycles. The summed E-state index contributed by atoms with van der Waals surface area (Å²) >= 11 is 0. The van der Waals surface area contributed by atoms with E-state index in [0.29, 0.717) is 12.6 Å². The number of hydrogen-bond acceptors (Lipinski definition) is 3. The number of nitrogens with zero attached hydrogens (tertiary/aromatic N) is 1. The van der Waals surface area contributed by atoms with Crippen LogP contribution in [0.4, 0.5) is 0 Å². The first-order valence-electron chi connectivity index (χ1n) is 6.19. The zero-order chi connectivity index (χ0) is 12.0. The fourth-order valence-corrected chi connectivity index (χ4v) is 1.74. The number of carbonyl (C=O) groups excluding carboxylic acids is 1. The van der Waals surface area contributed by atoms with Crippen molar-refractivity contribution in [2.75, 3.05) is 26.7 Å². The molecule has 1 aliphatic heterocycles. The Kier molecular flexibility index (Phi) is 5.77. The largest absolute Gasteiger partial charge is 0.378 e. The number of rotatable bonds is 6. The molecule has 0 aliphatic carbocycles. The van der Waals surface area contributed by atoms with Crippen LogP contribution < -0.4 is 5.32 Å². The minimum atomic E-state index is 0.155. The molecule has 4 nitrogen and oxygen atoms in total. The van der Waals surface area contributed by atoms with Crippen LogP contribution in [0, 0.1) is 0 Å². The second-order valence-corrected chi connectivity index (χ2v) is 4.70. The monoisotopic (exact) mass is 228 g/mol. The lowest BCUT2D eigenvalue weighted by Gasteiger charge is -2.21. The Bertz CT molecular complexity index is 213. The molecule has 1 aliphatic rings. The van der Waals surface area contributed by atoms with Gasteiger partial charge in [0.15, 0.2) is 0 Å². The number of carbonyl (C=O) groups is 1. The van der Waals surface area contributed by atoms with E-state index in [-0.39, 0.29) is 11.9 Å². The highest BCUT2D eigenvalue weighted by Crippen LogP contribution is 2.14. The molecule has 0 aromatic rings. The minimum Gasteiger partial charge on any atom is -0.378 e. The molecule has 1 unspecified atom stereocenters. The van der Waals surface area contributed by atoms with Gasteiger partial charge in [0.2, 0.25) is 5.91 Å². The van der Waals surface area contributed by atoms with Crippen molar-refractivity contribution in [1.29, 1.82) is 0 Å². The van der Waals surface area contributed by atoms with E-state index in [1.165, 1.54) is 12.8 Å². The average Bonchev–Trinajstić information content (AvgIpc) is 2.75. The molecule has 1 amide bonds. The highest BCUT2D eigenvalue weighted by atomic mass is 16.5. The van der Waals surface area contributed by atoms with Crippen LogP contribution in [-0.4, -0.2) is 49.7 Å². The van der Waals surface area contributed by atoms with E-state index in [1.54, 1.807) is 4.90 Å². The van der Waals surface area contributed by atoms with E-state index >= 15 is 0 Å². The highest BCUT2D eigenvalue weighted by Gasteiger charge is 2.15. The Hall–Kier alpha value is -0.610. The van der Waals surface area contributed by atoms with Crippen LogP contribution in [0.25, 0.3) is 0 Å². The minimum absolute atomic E-state index is 0.155. The van der Waals surface area contributed by atoms with Gasteiger partial charge in [-0.3, -0.25) is 4.79 Å². The predicted octanol–water partition coefficient (Wildman–Crippen LogP) is 1.01. The van der Waals surface area contributed by atoms with Crippen molar-refractivity contribution >= 4 is 5.91 Å². The second kappa shape index (κ2) is 6.86. The standard InChI is InChI=1S/C12H24N2O2/c1-10(2)14(3)12(15)9-13-7-6-11-5-4-8-16-11/h10-11,13H,4-9H2,1-3H3. The molecular weight excluding hydrogens is 204 g/mol. The van der Waals surface area contributed by atoms with E-state index in [1.807, 2.05) is 20.9 Å². The molecule has 1 N–H and O–H groups in total. The SMILES string of the molecule is CC(C)N(C)C(=O)CNCCC1CCCO1. The maximum absolute atomic E-state index is 11.6. The topological polar surface area (TPSA) is 41.6 Å². The fraction of sp³-hybridized carbons (Fsp3) is 0.917. The summed E-state index contributed by atoms with van der Waals surface area (Å²) in [6.07, 6.45) is 3.77. The zero-order valence-electron chi connectivity index (χ0n) is 10.7. The summed E-state index contributed by atoms with van der Waals surface area (Å²) < 4.78 is 5.51. The molecule has 1 heterocycles. The lowest BCUT2D eigenvalue weighted by Crippen LogP contribution is -2.40. The summed E-state index contributed by atoms with van der Waals surface area (Å²) in [5.74, 6) is 0.155. The van der Waals surface area contributed by atoms with Crippen molar-refractivity contribution in [3.63, 3.8) is 0 Å². The second-order valence-electron chi connectivity index (χ2n) is 4.70. The van der Waals surface area contributed by atoms with Crippen molar-refractivity contribution in [3.8, 4) is 0 Å². The third-order valence-electron chi connectivity index (χ3n) is 3.11. The summed E-state index contributed by atoms with van der Waals surface area (Å²) in [5.41, 5.74) is 0. The first-order chi connectivity index (χ1) is 7.61. The van der Waals surface area contributed by atoms with Crippen molar-refractivity contribution in [1.82, 2.24) is 10.2 Å². The quantitative estimate of drug-likeness (QED) is 0.690. The van der Waals surface area contributed by atoms with E-state index in [2.05, 4.69) is 5.32 Å². The van der Waals surface area contributed by atoms with Crippen molar-refractivity contribution < 1.29 is 9.53 Å². The smallest absolute Gasteiger partial charge is 0.236 e. The predicted molar refractivity (Wildman–Crippen MR) is 64.4 cm³/mol. The summed E-state index contributed by atoms with van der Waals surface area (Å²) in [4.78, 5) is 13.4. The van der Waals surface area contributed by atoms with Crippen LogP contribution in [0.15, 0.2) is 0 Å². The molecule has 1 atom stereocenters. The Balaban J connectivity index is 2.03. The third kappa shape index (κ3) is 4.49. The zero-order valence-corrected chi connectivity index (χ0v) is 10.7. The van der Waals surface area contributed by atoms with Gasteiger partial charge in [-0.15, -0.1) is 0 Å². The normalized spacial score (nSPS) is 20.4. The van der Waals surface area contributed by atoms with Gasteiger partial charge in [-0.2, -0.15) is 0 Å². The number of amides is 1. The molecule has 94 valence electrons. The maximum atomic E-state index is 11.6. The molecule has 0 saturated carbocycles. The molecule has 0 radical (unpaired) electrons. The van der Waals surface area contributed by atoms with Gasteiger partial charge >= 0.3 is 0 Å². The summed E-state index contributed by atoms with van der Waals surface area (Å²) in [5, 5.41) is 3.18. The van der Waals surface area contributed by atoms with Crippen molar-refractivity contribution in [2.24, 2.45) is 0 Å². The van der Waals surface area contributed by atoms with Gasteiger partial charge in [-0.1, -0.05) is 0 Å². The number of likely N-dealkylation sites (N-methyl/N-ethyl adjacent to an activating group) is 1. The van der Waals surface area contributed by atoms with Crippen LogP contribution in [-0.2, 0) is 9.53 Å². The molecule has 1 fully saturated rings. The van der Waals surface area contributed by atoms with Gasteiger partial charge in [0.05, 0.1) is 12.6 Å². The third-order valence-corrected chi connectivity index (χ3v) is 3.11. The first kappa shape index (κ1) is 13.5. The van der Waals surface area contributed by atoms with Crippen LogP contribution >= 0.6 is 0 Å². The first-order valence-corrected chi connectivity index (χ1v) is 6.19. The van der Waals surface area contributed by atoms with Gasteiger partial charge in [-0.05, 0) is 39.7 Å². The van der Waals surface area contributed by atoms with Gasteiger partial charge < -0.3 is 15.0 Å². The molecule has 0 bridgehead atoms. The molecule has 16 heavy (non-hydrogen) atoms. The summed E-state index contributed by atoms with van der Waals surface area (Å²) in [7, 11) is 1.84. The molecule has 0 aromatic carbocycles. The number of nitrogens with one attached hydrogen (secondary N) is 1. The molecular formula is C12H24N2O2. The van der Waals surface area contributed by atoms with E-state index in [0.717, 1.165) is 19.6 Å². The number of hydrogen-bond donors (Lipinski definition) is 1. The van der Waals surface area contributed by atoms with Gasteiger partial charge in [0.25, 0.3) is 0 Å². The molecule has 0 spiro atoms. The Labute approximate surface area is 98.3 Å². The summed E-state index contributed by atoms with van der Waals surface area (Å²) in [6, 6.07) is 0.271. The van der Waals surface area contributed by atoms with Crippen LogP contribution in [0.2, 0.25) is 0 Å². The lowest BCUT2D eigenvalue weighted by molar-refractivity contribution is -0.130. The lowest BCUT2D eigenvalue weighted by atomic mass is 10.2. The fourth-order valence-electron chi connectivity index (χ4n) is 1.74. The van der Waals surface area contributed by atoms with Crippen LogP contribution in [0.3, 0.4) is 0 Å². The van der Waals surface area contributed by atoms with Crippen LogP contribution in [0.5, 0.6) is 0 Å². The van der Waals surface area contributed by atoms with Gasteiger partial charge in [0.1, 0.15) is 0 Å². The molecule has 1 rings (SSSR count). The van der Waals surface area contributed by atoms with Gasteiger partial charge in [0, 0.05) is 19.7 Å². The van der Waals surface area contributed by atoms with E-state index in [4.69, 9.17) is 4.74 Å². The highest BCUT2D eigenvalue weighted by molar-refractivity contribution is 5.78. The number of ether oxygens (including phenoxy) is 1. The van der Waals surface area contributed by atoms with Gasteiger partial charge in [-0.25, -0.2) is 0 Å². The average molecular weight is 228 g/mol. The maximum Gasteiger partial charge on any atom is 0.236 e. The van der Waals surface area contributed by atoms with Crippen molar-refractivity contribution in [3.05, 3.63) is 0 Å². The van der Waals surface area contributed by atoms with Crippen LogP contribution in [0.1, 0.15) is 33.1 Å². The summed E-state index contributed by atoms with van der Waals surface area (Å²) in [6.45, 7) is 6.23. The van der Waals surface area contributed by atoms with E-state index < -0.39 is 0 Å².